The molecule has 1 amide bonds. The predicted molar refractivity (Wildman–Crippen MR) is 95.6 cm³/mol. The zero-order valence-electron chi connectivity index (χ0n) is 13.6. The molecule has 0 heterocycles. The smallest absolute Gasteiger partial charge is 0.410 e. The van der Waals surface area contributed by atoms with Crippen LogP contribution in [0, 0.1) is 0 Å². The van der Waals surface area contributed by atoms with E-state index in [2.05, 4.69) is 5.32 Å². The lowest BCUT2D eigenvalue weighted by atomic mass is 10.3. The van der Waals surface area contributed by atoms with Crippen molar-refractivity contribution in [3.63, 3.8) is 0 Å². The lowest BCUT2D eigenvalue weighted by Gasteiger charge is -2.08. The van der Waals surface area contributed by atoms with Crippen molar-refractivity contribution in [2.75, 3.05) is 5.32 Å². The van der Waals surface area contributed by atoms with Gasteiger partial charge in [-0.3, -0.25) is 5.32 Å². The molecule has 0 radical (unpaired) electrons. The molecule has 6 heteroatoms. The molecule has 0 aromatic heterocycles. The van der Waals surface area contributed by atoms with E-state index in [9.17, 15) is 9.59 Å². The molecule has 0 unspecified atom stereocenters. The van der Waals surface area contributed by atoms with Gasteiger partial charge in [0.1, 0.15) is 17.2 Å². The van der Waals surface area contributed by atoms with Crippen LogP contribution < -0.4 is 19.5 Å². The number of para-hydroxylation sites is 2. The Hall–Kier alpha value is -3.80. The SMILES string of the molecule is O=C(Nc1ccc(OC(=O)Oc2ccccc2)cc1)Oc1ccccc1. The van der Waals surface area contributed by atoms with E-state index in [1.165, 1.54) is 12.1 Å². The van der Waals surface area contributed by atoms with Gasteiger partial charge < -0.3 is 14.2 Å². The molecular formula is C20H15NO5. The normalized spacial score (nSPS) is 9.85. The minimum atomic E-state index is -0.847. The molecule has 0 aliphatic heterocycles. The Morgan fingerprint density at radius 2 is 1.04 bits per heavy atom. The first-order chi connectivity index (χ1) is 12.7. The van der Waals surface area contributed by atoms with Gasteiger partial charge in [0.2, 0.25) is 0 Å². The average Bonchev–Trinajstić information content (AvgIpc) is 2.65. The molecule has 130 valence electrons. The van der Waals surface area contributed by atoms with Crippen molar-refractivity contribution < 1.29 is 23.8 Å². The first kappa shape index (κ1) is 17.0. The van der Waals surface area contributed by atoms with Crippen LogP contribution in [0.4, 0.5) is 15.3 Å². The summed E-state index contributed by atoms with van der Waals surface area (Å²) < 4.78 is 15.2. The van der Waals surface area contributed by atoms with Crippen LogP contribution in [-0.4, -0.2) is 12.2 Å². The van der Waals surface area contributed by atoms with Crippen LogP contribution in [0.25, 0.3) is 0 Å². The summed E-state index contributed by atoms with van der Waals surface area (Å²) in [6.45, 7) is 0. The Morgan fingerprint density at radius 3 is 1.58 bits per heavy atom. The summed E-state index contributed by atoms with van der Waals surface area (Å²) in [6.07, 6.45) is -1.46. The van der Waals surface area contributed by atoms with Crippen molar-refractivity contribution in [2.45, 2.75) is 0 Å². The van der Waals surface area contributed by atoms with Crippen LogP contribution in [0.1, 0.15) is 0 Å². The zero-order chi connectivity index (χ0) is 18.2. The second-order valence-corrected chi connectivity index (χ2v) is 5.12. The molecule has 0 aliphatic carbocycles. The molecule has 0 spiro atoms. The average molecular weight is 349 g/mol. The number of rotatable bonds is 4. The third kappa shape index (κ3) is 5.10. The van der Waals surface area contributed by atoms with E-state index in [1.807, 2.05) is 12.1 Å². The molecule has 0 saturated heterocycles. The molecule has 0 atom stereocenters. The zero-order valence-corrected chi connectivity index (χ0v) is 13.6. The highest BCUT2D eigenvalue weighted by Gasteiger charge is 2.09. The van der Waals surface area contributed by atoms with Gasteiger partial charge in [-0.15, -0.1) is 0 Å². The van der Waals surface area contributed by atoms with Crippen molar-refractivity contribution in [3.8, 4) is 17.2 Å². The van der Waals surface area contributed by atoms with Crippen molar-refractivity contribution in [2.24, 2.45) is 0 Å². The molecule has 6 nitrogen and oxygen atoms in total. The minimum absolute atomic E-state index is 0.285. The van der Waals surface area contributed by atoms with Gasteiger partial charge in [0.25, 0.3) is 0 Å². The van der Waals surface area contributed by atoms with Crippen LogP contribution in [0.2, 0.25) is 0 Å². The van der Waals surface area contributed by atoms with E-state index in [0.29, 0.717) is 17.2 Å². The molecular weight excluding hydrogens is 334 g/mol. The van der Waals surface area contributed by atoms with Crippen LogP contribution in [0.5, 0.6) is 17.2 Å². The van der Waals surface area contributed by atoms with Crippen LogP contribution in [-0.2, 0) is 0 Å². The second-order valence-electron chi connectivity index (χ2n) is 5.12. The lowest BCUT2D eigenvalue weighted by molar-refractivity contribution is 0.152. The quantitative estimate of drug-likeness (QED) is 0.537. The number of carbonyl (C=O) groups is 2. The molecule has 0 bridgehead atoms. The number of anilines is 1. The Morgan fingerprint density at radius 1 is 0.577 bits per heavy atom. The molecule has 26 heavy (non-hydrogen) atoms. The third-order valence-electron chi connectivity index (χ3n) is 3.20. The number of hydrogen-bond donors (Lipinski definition) is 1. The Labute approximate surface area is 149 Å². The van der Waals surface area contributed by atoms with Gasteiger partial charge in [-0.25, -0.2) is 9.59 Å². The van der Waals surface area contributed by atoms with Gasteiger partial charge in [-0.1, -0.05) is 36.4 Å². The maximum atomic E-state index is 11.8. The van der Waals surface area contributed by atoms with Gasteiger partial charge in [-0.05, 0) is 48.5 Å². The monoisotopic (exact) mass is 349 g/mol. The number of nitrogens with one attached hydrogen (secondary N) is 1. The van der Waals surface area contributed by atoms with E-state index in [1.54, 1.807) is 60.7 Å². The summed E-state index contributed by atoms with van der Waals surface area (Å²) in [7, 11) is 0. The molecule has 0 fully saturated rings. The molecule has 3 aromatic rings. The fraction of sp³-hybridized carbons (Fsp3) is 0. The van der Waals surface area contributed by atoms with Crippen molar-refractivity contribution in [1.29, 1.82) is 0 Å². The Kier molecular flexibility index (Phi) is 5.47. The number of amides is 1. The van der Waals surface area contributed by atoms with Gasteiger partial charge in [0, 0.05) is 5.69 Å². The summed E-state index contributed by atoms with van der Waals surface area (Å²) in [4.78, 5) is 23.5. The van der Waals surface area contributed by atoms with E-state index >= 15 is 0 Å². The molecule has 1 N–H and O–H groups in total. The van der Waals surface area contributed by atoms with Gasteiger partial charge in [-0.2, -0.15) is 0 Å². The number of benzene rings is 3. The van der Waals surface area contributed by atoms with E-state index in [-0.39, 0.29) is 5.75 Å². The summed E-state index contributed by atoms with van der Waals surface area (Å²) in [5, 5.41) is 2.58. The molecule has 0 aliphatic rings. The molecule has 0 saturated carbocycles. The highest BCUT2D eigenvalue weighted by Crippen LogP contribution is 2.18. The maximum absolute atomic E-state index is 11.8. The first-order valence-electron chi connectivity index (χ1n) is 7.78. The predicted octanol–water partition coefficient (Wildman–Crippen LogP) is 4.88. The number of carbonyl (C=O) groups excluding carboxylic acids is 2. The largest absolute Gasteiger partial charge is 0.519 e. The maximum Gasteiger partial charge on any atom is 0.519 e. The third-order valence-corrected chi connectivity index (χ3v) is 3.20. The highest BCUT2D eigenvalue weighted by atomic mass is 16.7. The van der Waals surface area contributed by atoms with E-state index in [4.69, 9.17) is 14.2 Å². The fourth-order valence-corrected chi connectivity index (χ4v) is 2.05. The van der Waals surface area contributed by atoms with Crippen molar-refractivity contribution >= 4 is 17.9 Å². The highest BCUT2D eigenvalue weighted by molar-refractivity contribution is 5.86. The number of ether oxygens (including phenoxy) is 3. The fourth-order valence-electron chi connectivity index (χ4n) is 2.05. The summed E-state index contributed by atoms with van der Waals surface area (Å²) in [5.41, 5.74) is 0.495. The van der Waals surface area contributed by atoms with Crippen molar-refractivity contribution in [1.82, 2.24) is 0 Å². The van der Waals surface area contributed by atoms with Crippen molar-refractivity contribution in [3.05, 3.63) is 84.9 Å². The van der Waals surface area contributed by atoms with Crippen LogP contribution in [0.3, 0.4) is 0 Å². The molecule has 3 aromatic carbocycles. The second kappa shape index (κ2) is 8.34. The van der Waals surface area contributed by atoms with E-state index in [0.717, 1.165) is 0 Å². The summed E-state index contributed by atoms with van der Waals surface area (Å²) >= 11 is 0. The minimum Gasteiger partial charge on any atom is -0.410 e. The molecule has 3 rings (SSSR count). The topological polar surface area (TPSA) is 73.9 Å². The van der Waals surface area contributed by atoms with Crippen LogP contribution in [0.15, 0.2) is 84.9 Å². The van der Waals surface area contributed by atoms with Crippen LogP contribution >= 0.6 is 0 Å². The standard InChI is InChI=1S/C20H15NO5/c22-19(24-16-7-3-1-4-8-16)21-15-11-13-18(14-12-15)26-20(23)25-17-9-5-2-6-10-17/h1-14H,(H,21,22). The first-order valence-corrected chi connectivity index (χ1v) is 7.78. The van der Waals surface area contributed by atoms with E-state index < -0.39 is 12.2 Å². The number of hydrogen-bond acceptors (Lipinski definition) is 5. The summed E-state index contributed by atoms with van der Waals surface area (Å²) in [6, 6.07) is 23.5. The summed E-state index contributed by atoms with van der Waals surface area (Å²) in [5.74, 6) is 1.11. The van der Waals surface area contributed by atoms with Gasteiger partial charge in [0.15, 0.2) is 0 Å². The Bertz CT molecular complexity index is 789. The van der Waals surface area contributed by atoms with Gasteiger partial charge in [0.05, 0.1) is 0 Å². The van der Waals surface area contributed by atoms with Gasteiger partial charge >= 0.3 is 12.2 Å². The Balaban J connectivity index is 1.51. The lowest BCUT2D eigenvalue weighted by Crippen LogP contribution is -2.16.